The molecule has 5 heteroatoms. The van der Waals surface area contributed by atoms with Crippen LogP contribution in [0.25, 0.3) is 0 Å². The fourth-order valence-corrected chi connectivity index (χ4v) is 1.12. The molecule has 1 rings (SSSR count). The van der Waals surface area contributed by atoms with Gasteiger partial charge in [0.1, 0.15) is 6.07 Å². The Labute approximate surface area is 86.3 Å². The third-order valence-electron chi connectivity index (χ3n) is 1.56. The Morgan fingerprint density at radius 2 is 2.36 bits per heavy atom. The second kappa shape index (κ2) is 4.61. The Hall–Kier alpha value is -1.57. The number of carbonyl (C=O) groups excluding carboxylic acids is 1. The highest BCUT2D eigenvalue weighted by Crippen LogP contribution is 2.19. The van der Waals surface area contributed by atoms with E-state index < -0.39 is 0 Å². The van der Waals surface area contributed by atoms with E-state index in [1.165, 1.54) is 12.1 Å². The van der Waals surface area contributed by atoms with Gasteiger partial charge in [0.15, 0.2) is 0 Å². The first-order valence-electron chi connectivity index (χ1n) is 3.87. The van der Waals surface area contributed by atoms with E-state index in [-0.39, 0.29) is 12.5 Å². The molecule has 4 nitrogen and oxygen atoms in total. The Morgan fingerprint density at radius 3 is 2.86 bits per heavy atom. The van der Waals surface area contributed by atoms with Gasteiger partial charge in [-0.15, -0.1) is 0 Å². The van der Waals surface area contributed by atoms with Crippen molar-refractivity contribution in [2.75, 3.05) is 11.9 Å². The van der Waals surface area contributed by atoms with Crippen LogP contribution >= 0.6 is 11.6 Å². The van der Waals surface area contributed by atoms with Crippen LogP contribution in [-0.2, 0) is 4.79 Å². The van der Waals surface area contributed by atoms with Crippen LogP contribution in [0.15, 0.2) is 18.2 Å². The van der Waals surface area contributed by atoms with Crippen molar-refractivity contribution in [1.82, 2.24) is 0 Å². The molecule has 0 saturated carbocycles. The van der Waals surface area contributed by atoms with Gasteiger partial charge >= 0.3 is 0 Å². The summed E-state index contributed by atoms with van der Waals surface area (Å²) >= 11 is 5.75. The molecular formula is C9H8ClN3O. The van der Waals surface area contributed by atoms with Crippen molar-refractivity contribution in [3.8, 4) is 6.07 Å². The van der Waals surface area contributed by atoms with E-state index in [9.17, 15) is 4.79 Å². The average Bonchev–Trinajstić information content (AvgIpc) is 2.18. The molecule has 1 aromatic rings. The molecule has 0 heterocycles. The van der Waals surface area contributed by atoms with Crippen LogP contribution in [-0.4, -0.2) is 12.5 Å². The molecule has 0 aliphatic rings. The highest BCUT2D eigenvalue weighted by Gasteiger charge is 2.03. The third kappa shape index (κ3) is 2.46. The van der Waals surface area contributed by atoms with Crippen molar-refractivity contribution >= 4 is 23.2 Å². The van der Waals surface area contributed by atoms with Crippen LogP contribution in [0.4, 0.5) is 5.69 Å². The van der Waals surface area contributed by atoms with E-state index in [0.29, 0.717) is 16.3 Å². The zero-order valence-electron chi connectivity index (χ0n) is 7.25. The van der Waals surface area contributed by atoms with Crippen LogP contribution in [0.3, 0.4) is 0 Å². The molecule has 3 N–H and O–H groups in total. The first-order valence-corrected chi connectivity index (χ1v) is 4.24. The monoisotopic (exact) mass is 209 g/mol. The number of hydrogen-bond acceptors (Lipinski definition) is 3. The van der Waals surface area contributed by atoms with Crippen LogP contribution < -0.4 is 11.1 Å². The molecule has 0 spiro atoms. The third-order valence-corrected chi connectivity index (χ3v) is 1.87. The SMILES string of the molecule is N#Cc1ccc(NC(=O)CN)cc1Cl. The topological polar surface area (TPSA) is 78.9 Å². The maximum absolute atomic E-state index is 10.9. The second-order valence-corrected chi connectivity index (χ2v) is 2.97. The Kier molecular flexibility index (Phi) is 3.46. The fourth-order valence-electron chi connectivity index (χ4n) is 0.896. The molecule has 1 aromatic carbocycles. The summed E-state index contributed by atoms with van der Waals surface area (Å²) in [7, 11) is 0. The average molecular weight is 210 g/mol. The van der Waals surface area contributed by atoms with E-state index in [0.717, 1.165) is 0 Å². The van der Waals surface area contributed by atoms with Gasteiger partial charge in [0, 0.05) is 5.69 Å². The largest absolute Gasteiger partial charge is 0.325 e. The number of halogens is 1. The number of nitriles is 1. The van der Waals surface area contributed by atoms with E-state index in [4.69, 9.17) is 22.6 Å². The number of nitrogens with one attached hydrogen (secondary N) is 1. The number of hydrogen-bond donors (Lipinski definition) is 2. The smallest absolute Gasteiger partial charge is 0.238 e. The molecule has 0 bridgehead atoms. The lowest BCUT2D eigenvalue weighted by molar-refractivity contribution is -0.114. The summed E-state index contributed by atoms with van der Waals surface area (Å²) in [6.07, 6.45) is 0. The summed E-state index contributed by atoms with van der Waals surface area (Å²) < 4.78 is 0. The zero-order valence-corrected chi connectivity index (χ0v) is 8.01. The highest BCUT2D eigenvalue weighted by atomic mass is 35.5. The first-order chi connectivity index (χ1) is 6.67. The summed E-state index contributed by atoms with van der Waals surface area (Å²) in [4.78, 5) is 10.9. The van der Waals surface area contributed by atoms with Gasteiger partial charge in [-0.1, -0.05) is 11.6 Å². The van der Waals surface area contributed by atoms with E-state index in [1.807, 2.05) is 6.07 Å². The molecule has 0 aliphatic heterocycles. The molecule has 0 atom stereocenters. The normalized spacial score (nSPS) is 9.21. The summed E-state index contributed by atoms with van der Waals surface area (Å²) in [6, 6.07) is 6.56. The van der Waals surface area contributed by atoms with Crippen molar-refractivity contribution in [3.05, 3.63) is 28.8 Å². The molecule has 0 fully saturated rings. The molecule has 0 radical (unpaired) electrons. The minimum Gasteiger partial charge on any atom is -0.325 e. The molecule has 0 saturated heterocycles. The number of anilines is 1. The van der Waals surface area contributed by atoms with E-state index in [1.54, 1.807) is 6.07 Å². The summed E-state index contributed by atoms with van der Waals surface area (Å²) in [5.74, 6) is -0.300. The Balaban J connectivity index is 2.88. The lowest BCUT2D eigenvalue weighted by Crippen LogP contribution is -2.21. The molecule has 14 heavy (non-hydrogen) atoms. The van der Waals surface area contributed by atoms with Gasteiger partial charge in [0.25, 0.3) is 0 Å². The maximum atomic E-state index is 10.9. The number of nitrogens with two attached hydrogens (primary N) is 1. The summed E-state index contributed by atoms with van der Waals surface area (Å²) in [5.41, 5.74) is 6.02. The predicted octanol–water partition coefficient (Wildman–Crippen LogP) is 1.11. The van der Waals surface area contributed by atoms with Gasteiger partial charge in [0.2, 0.25) is 5.91 Å². The van der Waals surface area contributed by atoms with Crippen LogP contribution in [0.2, 0.25) is 5.02 Å². The van der Waals surface area contributed by atoms with Gasteiger partial charge in [-0.25, -0.2) is 0 Å². The van der Waals surface area contributed by atoms with Crippen molar-refractivity contribution in [3.63, 3.8) is 0 Å². The highest BCUT2D eigenvalue weighted by molar-refractivity contribution is 6.32. The summed E-state index contributed by atoms with van der Waals surface area (Å²) in [5, 5.41) is 11.4. The van der Waals surface area contributed by atoms with Gasteiger partial charge < -0.3 is 11.1 Å². The molecule has 72 valence electrons. The van der Waals surface area contributed by atoms with E-state index >= 15 is 0 Å². The summed E-state index contributed by atoms with van der Waals surface area (Å²) in [6.45, 7) is -0.0857. The maximum Gasteiger partial charge on any atom is 0.238 e. The van der Waals surface area contributed by atoms with Gasteiger partial charge in [-0.3, -0.25) is 4.79 Å². The second-order valence-electron chi connectivity index (χ2n) is 2.56. The molecule has 0 aliphatic carbocycles. The minimum atomic E-state index is -0.300. The number of rotatable bonds is 2. The van der Waals surface area contributed by atoms with Gasteiger partial charge in [-0.05, 0) is 18.2 Å². The van der Waals surface area contributed by atoms with Crippen LogP contribution in [0.1, 0.15) is 5.56 Å². The van der Waals surface area contributed by atoms with Gasteiger partial charge in [-0.2, -0.15) is 5.26 Å². The quantitative estimate of drug-likeness (QED) is 0.766. The zero-order chi connectivity index (χ0) is 10.6. The lowest BCUT2D eigenvalue weighted by Gasteiger charge is -2.03. The van der Waals surface area contributed by atoms with Crippen LogP contribution in [0, 0.1) is 11.3 Å². The van der Waals surface area contributed by atoms with Crippen LogP contribution in [0.5, 0.6) is 0 Å². The number of nitrogens with zero attached hydrogens (tertiary/aromatic N) is 1. The number of benzene rings is 1. The fraction of sp³-hybridized carbons (Fsp3) is 0.111. The standard InChI is InChI=1S/C9H8ClN3O/c10-8-3-7(13-9(14)5-12)2-1-6(8)4-11/h1-3H,5,12H2,(H,13,14). The Bertz CT molecular complexity index is 398. The molecule has 1 amide bonds. The first kappa shape index (κ1) is 10.5. The molecular weight excluding hydrogens is 202 g/mol. The van der Waals surface area contributed by atoms with Gasteiger partial charge in [0.05, 0.1) is 17.1 Å². The van der Waals surface area contributed by atoms with Crippen molar-refractivity contribution in [1.29, 1.82) is 5.26 Å². The number of amides is 1. The Morgan fingerprint density at radius 1 is 1.64 bits per heavy atom. The minimum absolute atomic E-state index is 0.0857. The molecule has 0 unspecified atom stereocenters. The van der Waals surface area contributed by atoms with E-state index in [2.05, 4.69) is 5.32 Å². The van der Waals surface area contributed by atoms with Crippen molar-refractivity contribution < 1.29 is 4.79 Å². The lowest BCUT2D eigenvalue weighted by atomic mass is 10.2. The van der Waals surface area contributed by atoms with Crippen molar-refractivity contribution in [2.24, 2.45) is 5.73 Å². The predicted molar refractivity (Wildman–Crippen MR) is 53.9 cm³/mol. The number of carbonyl (C=O) groups is 1. The van der Waals surface area contributed by atoms with Crippen molar-refractivity contribution in [2.45, 2.75) is 0 Å². The molecule has 0 aromatic heterocycles.